The molecule has 158 valence electrons. The topological polar surface area (TPSA) is 70.5 Å². The Morgan fingerprint density at radius 3 is 2.77 bits per heavy atom. The Labute approximate surface area is 177 Å². The van der Waals surface area contributed by atoms with Crippen LogP contribution >= 0.6 is 0 Å². The summed E-state index contributed by atoms with van der Waals surface area (Å²) in [6.45, 7) is 2.10. The Morgan fingerprint density at radius 2 is 2.00 bits per heavy atom. The summed E-state index contributed by atoms with van der Waals surface area (Å²) in [6.07, 6.45) is 7.44. The number of carbonyl (C=O) groups is 2. The van der Waals surface area contributed by atoms with Crippen molar-refractivity contribution in [2.45, 2.75) is 50.0 Å². The van der Waals surface area contributed by atoms with Crippen LogP contribution in [-0.4, -0.2) is 51.7 Å². The van der Waals surface area contributed by atoms with Crippen LogP contribution in [0.25, 0.3) is 0 Å². The second-order valence-corrected chi connectivity index (χ2v) is 8.89. The van der Waals surface area contributed by atoms with E-state index in [2.05, 4.69) is 21.4 Å². The van der Waals surface area contributed by atoms with E-state index in [1.165, 1.54) is 5.69 Å². The Bertz CT molecular complexity index is 962. The molecule has 2 aromatic rings. The van der Waals surface area contributed by atoms with Gasteiger partial charge in [-0.3, -0.25) is 24.1 Å². The largest absolute Gasteiger partial charge is 0.322 e. The van der Waals surface area contributed by atoms with Gasteiger partial charge in [0.1, 0.15) is 5.54 Å². The first-order chi connectivity index (χ1) is 14.6. The van der Waals surface area contributed by atoms with Crippen LogP contribution in [0.2, 0.25) is 0 Å². The average molecular weight is 408 g/mol. The van der Waals surface area contributed by atoms with Gasteiger partial charge in [-0.15, -0.1) is 0 Å². The molecule has 1 aromatic carbocycles. The summed E-state index contributed by atoms with van der Waals surface area (Å²) in [4.78, 5) is 30.9. The zero-order valence-corrected chi connectivity index (χ0v) is 17.5. The fraction of sp³-hybridized carbons (Fsp3) is 0.522. The lowest BCUT2D eigenvalue weighted by atomic mass is 9.89. The molecule has 1 aliphatic carbocycles. The molecule has 1 saturated heterocycles. The molecule has 2 fully saturated rings. The predicted molar refractivity (Wildman–Crippen MR) is 115 cm³/mol. The van der Waals surface area contributed by atoms with E-state index in [1.54, 1.807) is 0 Å². The molecule has 1 saturated carbocycles. The molecule has 0 bridgehead atoms. The molecule has 3 aliphatic rings. The fourth-order valence-corrected chi connectivity index (χ4v) is 5.62. The van der Waals surface area contributed by atoms with E-state index >= 15 is 0 Å². The number of rotatable bonds is 3. The van der Waals surface area contributed by atoms with Crippen molar-refractivity contribution in [1.29, 1.82) is 0 Å². The van der Waals surface area contributed by atoms with Gasteiger partial charge in [0.25, 0.3) is 5.91 Å². The highest BCUT2D eigenvalue weighted by Crippen LogP contribution is 2.45. The highest BCUT2D eigenvalue weighted by Gasteiger charge is 2.52. The molecule has 5 rings (SSSR count). The monoisotopic (exact) mass is 407 g/mol. The van der Waals surface area contributed by atoms with Crippen molar-refractivity contribution in [2.75, 3.05) is 29.9 Å². The van der Waals surface area contributed by atoms with Gasteiger partial charge in [-0.1, -0.05) is 25.0 Å². The van der Waals surface area contributed by atoms with Gasteiger partial charge >= 0.3 is 0 Å². The fourth-order valence-electron chi connectivity index (χ4n) is 5.62. The summed E-state index contributed by atoms with van der Waals surface area (Å²) in [5, 5.41) is 7.37. The van der Waals surface area contributed by atoms with Crippen LogP contribution in [0.3, 0.4) is 0 Å². The number of aryl methyl sites for hydroxylation is 1. The molecule has 1 aromatic heterocycles. The van der Waals surface area contributed by atoms with Crippen LogP contribution in [-0.2, 0) is 16.6 Å². The zero-order valence-electron chi connectivity index (χ0n) is 17.5. The minimum atomic E-state index is -0.733. The number of aromatic nitrogens is 2. The number of hydrogen-bond donors (Lipinski definition) is 1. The molecular formula is C23H29N5O2. The number of piperidine rings is 1. The molecule has 1 N–H and O–H groups in total. The number of para-hydroxylation sites is 2. The van der Waals surface area contributed by atoms with E-state index in [9.17, 15) is 9.59 Å². The summed E-state index contributed by atoms with van der Waals surface area (Å²) in [6, 6.07) is 9.76. The molecule has 7 heteroatoms. The third-order valence-corrected chi connectivity index (χ3v) is 7.07. The van der Waals surface area contributed by atoms with Crippen LogP contribution < -0.4 is 10.2 Å². The van der Waals surface area contributed by atoms with Gasteiger partial charge in [0.05, 0.1) is 17.9 Å². The lowest BCUT2D eigenvalue weighted by Crippen LogP contribution is -2.62. The van der Waals surface area contributed by atoms with Crippen LogP contribution in [0.1, 0.15) is 50.1 Å². The van der Waals surface area contributed by atoms with Crippen LogP contribution in [0.5, 0.6) is 0 Å². The van der Waals surface area contributed by atoms with Crippen molar-refractivity contribution in [3.05, 3.63) is 42.2 Å². The summed E-state index contributed by atoms with van der Waals surface area (Å²) in [5.74, 6) is 0.389. The Balaban J connectivity index is 1.40. The summed E-state index contributed by atoms with van der Waals surface area (Å²) < 4.78 is 1.94. The van der Waals surface area contributed by atoms with E-state index in [0.717, 1.165) is 63.0 Å². The van der Waals surface area contributed by atoms with Crippen molar-refractivity contribution in [2.24, 2.45) is 7.05 Å². The molecule has 2 aliphatic heterocycles. The molecule has 0 radical (unpaired) electrons. The van der Waals surface area contributed by atoms with E-state index < -0.39 is 5.54 Å². The first-order valence-corrected chi connectivity index (χ1v) is 11.0. The number of amides is 2. The number of fused-ring (bicyclic) bond motifs is 1. The molecule has 3 heterocycles. The minimum Gasteiger partial charge on any atom is -0.322 e. The van der Waals surface area contributed by atoms with Gasteiger partial charge in [-0.05, 0) is 50.4 Å². The second-order valence-electron chi connectivity index (χ2n) is 8.89. The minimum absolute atomic E-state index is 0.0292. The standard InChI is InChI=1S/C23H29N5O2/c1-26-19(10-13-24-26)17-7-6-14-27(15-17)16-21(29)28-20-9-3-2-8-18(20)25-22(30)23(28)11-4-5-12-23/h2-3,8-10,13,17H,4-7,11-12,14-16H2,1H3,(H,25,30). The third kappa shape index (κ3) is 3.12. The van der Waals surface area contributed by atoms with E-state index in [1.807, 2.05) is 47.1 Å². The highest BCUT2D eigenvalue weighted by molar-refractivity contribution is 6.15. The van der Waals surface area contributed by atoms with Crippen LogP contribution in [0, 0.1) is 0 Å². The van der Waals surface area contributed by atoms with Crippen LogP contribution in [0.4, 0.5) is 11.4 Å². The van der Waals surface area contributed by atoms with E-state index in [-0.39, 0.29) is 11.8 Å². The number of likely N-dealkylation sites (tertiary alicyclic amines) is 1. The maximum atomic E-state index is 13.7. The number of nitrogens with one attached hydrogen (secondary N) is 1. The Hall–Kier alpha value is -2.67. The maximum Gasteiger partial charge on any atom is 0.250 e. The van der Waals surface area contributed by atoms with E-state index in [4.69, 9.17) is 0 Å². The molecule has 7 nitrogen and oxygen atoms in total. The molecular weight excluding hydrogens is 378 g/mol. The van der Waals surface area contributed by atoms with Gasteiger partial charge in [-0.2, -0.15) is 5.10 Å². The third-order valence-electron chi connectivity index (χ3n) is 7.07. The number of benzene rings is 1. The molecule has 2 amide bonds. The Kier molecular flexibility index (Phi) is 4.85. The van der Waals surface area contributed by atoms with Crippen molar-refractivity contribution in [3.8, 4) is 0 Å². The summed E-state index contributed by atoms with van der Waals surface area (Å²) >= 11 is 0. The summed E-state index contributed by atoms with van der Waals surface area (Å²) in [5.41, 5.74) is 2.06. The first kappa shape index (κ1) is 19.3. The maximum absolute atomic E-state index is 13.7. The van der Waals surface area contributed by atoms with Gasteiger partial charge in [0.15, 0.2) is 0 Å². The zero-order chi connectivity index (χ0) is 20.7. The molecule has 1 unspecified atom stereocenters. The smallest absolute Gasteiger partial charge is 0.250 e. The van der Waals surface area contributed by atoms with Crippen molar-refractivity contribution in [3.63, 3.8) is 0 Å². The highest BCUT2D eigenvalue weighted by atomic mass is 16.2. The lowest BCUT2D eigenvalue weighted by Gasteiger charge is -2.45. The summed E-state index contributed by atoms with van der Waals surface area (Å²) in [7, 11) is 1.98. The van der Waals surface area contributed by atoms with Gasteiger partial charge in [-0.25, -0.2) is 0 Å². The molecule has 1 spiro atoms. The normalized spacial score (nSPS) is 23.4. The number of hydrogen-bond acceptors (Lipinski definition) is 4. The molecule has 30 heavy (non-hydrogen) atoms. The lowest BCUT2D eigenvalue weighted by molar-refractivity contribution is -0.128. The second kappa shape index (κ2) is 7.54. The van der Waals surface area contributed by atoms with Crippen LogP contribution in [0.15, 0.2) is 36.5 Å². The molecule has 1 atom stereocenters. The number of anilines is 2. The van der Waals surface area contributed by atoms with Gasteiger partial charge < -0.3 is 5.32 Å². The SMILES string of the molecule is Cn1nccc1C1CCCN(CC(=O)N2c3ccccc3NC(=O)C23CCCC3)C1. The van der Waals surface area contributed by atoms with Crippen molar-refractivity contribution < 1.29 is 9.59 Å². The van der Waals surface area contributed by atoms with Crippen molar-refractivity contribution >= 4 is 23.2 Å². The van der Waals surface area contributed by atoms with Gasteiger partial charge in [0.2, 0.25) is 5.91 Å². The van der Waals surface area contributed by atoms with Gasteiger partial charge in [0, 0.05) is 31.4 Å². The quantitative estimate of drug-likeness (QED) is 0.849. The number of carbonyl (C=O) groups excluding carboxylic acids is 2. The number of nitrogens with zero attached hydrogens (tertiary/aromatic N) is 4. The average Bonchev–Trinajstić information content (AvgIpc) is 3.39. The first-order valence-electron chi connectivity index (χ1n) is 11.0. The van der Waals surface area contributed by atoms with Crippen molar-refractivity contribution in [1.82, 2.24) is 14.7 Å². The van der Waals surface area contributed by atoms with E-state index in [0.29, 0.717) is 12.5 Å². The Morgan fingerprint density at radius 1 is 1.20 bits per heavy atom. The predicted octanol–water partition coefficient (Wildman–Crippen LogP) is 2.90.